The van der Waals surface area contributed by atoms with Gasteiger partial charge in [-0.2, -0.15) is 0 Å². The van der Waals surface area contributed by atoms with Gasteiger partial charge >= 0.3 is 6.03 Å². The Bertz CT molecular complexity index is 557. The highest BCUT2D eigenvalue weighted by Crippen LogP contribution is 2.19. The first-order chi connectivity index (χ1) is 10.9. The van der Waals surface area contributed by atoms with Crippen molar-refractivity contribution in [2.75, 3.05) is 37.6 Å². The molecule has 0 atom stereocenters. The Balaban J connectivity index is 1.76. The molecule has 1 saturated heterocycles. The molecule has 126 valence electrons. The lowest BCUT2D eigenvalue weighted by molar-refractivity contribution is -0.892. The number of anilines is 1. The molecule has 3 amide bonds. The number of nitrogens with one attached hydrogen (secondary N) is 3. The van der Waals surface area contributed by atoms with E-state index in [1.54, 1.807) is 0 Å². The third-order valence-corrected chi connectivity index (χ3v) is 3.96. The molecule has 0 radical (unpaired) electrons. The summed E-state index contributed by atoms with van der Waals surface area (Å²) in [5.74, 6) is -0.241. The van der Waals surface area contributed by atoms with Crippen molar-refractivity contribution in [1.29, 1.82) is 0 Å². The smallest absolute Gasteiger partial charge is 0.321 e. The largest absolute Gasteiger partial charge is 0.360 e. The number of carbonyl (C=O) groups excluding carboxylic acids is 2. The fourth-order valence-corrected chi connectivity index (χ4v) is 2.81. The molecule has 0 unspecified atom stereocenters. The van der Waals surface area contributed by atoms with Crippen molar-refractivity contribution in [2.24, 2.45) is 0 Å². The Morgan fingerprint density at radius 2 is 2.00 bits per heavy atom. The van der Waals surface area contributed by atoms with Crippen LogP contribution in [0, 0.1) is 0 Å². The summed E-state index contributed by atoms with van der Waals surface area (Å²) in [7, 11) is 0. The van der Waals surface area contributed by atoms with E-state index in [1.165, 1.54) is 4.90 Å². The van der Waals surface area contributed by atoms with E-state index in [9.17, 15) is 9.59 Å². The Kier molecular flexibility index (Phi) is 6.24. The second-order valence-corrected chi connectivity index (χ2v) is 6.51. The van der Waals surface area contributed by atoms with Gasteiger partial charge in [-0.05, 0) is 32.0 Å². The third-order valence-electron chi connectivity index (χ3n) is 3.73. The maximum absolute atomic E-state index is 11.9. The van der Waals surface area contributed by atoms with Gasteiger partial charge in [-0.25, -0.2) is 4.79 Å². The van der Waals surface area contributed by atoms with Gasteiger partial charge in [0.1, 0.15) is 0 Å². The minimum absolute atomic E-state index is 0.0105. The highest BCUT2D eigenvalue weighted by atomic mass is 35.5. The Morgan fingerprint density at radius 1 is 1.30 bits per heavy atom. The molecule has 0 aliphatic carbocycles. The summed E-state index contributed by atoms with van der Waals surface area (Å²) in [5.41, 5.74) is 1.11. The first kappa shape index (κ1) is 17.6. The monoisotopic (exact) mass is 339 g/mol. The van der Waals surface area contributed by atoms with Crippen molar-refractivity contribution in [1.82, 2.24) is 10.6 Å². The van der Waals surface area contributed by atoms with Crippen LogP contribution >= 0.6 is 11.6 Å². The Hall–Kier alpha value is -1.79. The fraction of sp³-hybridized carbons (Fsp3) is 0.500. The molecule has 1 aliphatic rings. The standard InChI is InChI=1S/C16H23ClN4O2/c1-12(2)18-16(23)19-15(22)11-20-6-8-21(9-7-20)14-5-3-4-13(17)10-14/h3-5,10,12H,6-9,11H2,1-2H3,(H2,18,19,22,23)/p+1. The van der Waals surface area contributed by atoms with Gasteiger partial charge in [0.05, 0.1) is 26.2 Å². The van der Waals surface area contributed by atoms with Crippen LogP contribution in [-0.4, -0.2) is 50.7 Å². The third kappa shape index (κ3) is 5.73. The summed E-state index contributed by atoms with van der Waals surface area (Å²) >= 11 is 6.02. The minimum Gasteiger partial charge on any atom is -0.360 e. The van der Waals surface area contributed by atoms with Gasteiger partial charge in [-0.1, -0.05) is 17.7 Å². The van der Waals surface area contributed by atoms with Crippen LogP contribution in [0.5, 0.6) is 0 Å². The zero-order valence-corrected chi connectivity index (χ0v) is 14.3. The number of benzene rings is 1. The van der Waals surface area contributed by atoms with Gasteiger partial charge in [0.15, 0.2) is 6.54 Å². The number of halogens is 1. The van der Waals surface area contributed by atoms with E-state index in [2.05, 4.69) is 15.5 Å². The molecule has 3 N–H and O–H groups in total. The van der Waals surface area contributed by atoms with E-state index < -0.39 is 6.03 Å². The molecule has 1 fully saturated rings. The van der Waals surface area contributed by atoms with Gasteiger partial charge in [0, 0.05) is 16.8 Å². The lowest BCUT2D eigenvalue weighted by Gasteiger charge is -2.33. The summed E-state index contributed by atoms with van der Waals surface area (Å²) in [6.45, 7) is 7.45. The number of hydrogen-bond acceptors (Lipinski definition) is 3. The molecule has 1 aromatic carbocycles. The van der Waals surface area contributed by atoms with Gasteiger partial charge < -0.3 is 15.1 Å². The SMILES string of the molecule is CC(C)NC(=O)NC(=O)C[NH+]1CCN(c2cccc(Cl)c2)CC1. The van der Waals surface area contributed by atoms with Crippen LogP contribution in [0.25, 0.3) is 0 Å². The van der Waals surface area contributed by atoms with E-state index >= 15 is 0 Å². The van der Waals surface area contributed by atoms with Crippen molar-refractivity contribution in [3.8, 4) is 0 Å². The van der Waals surface area contributed by atoms with E-state index in [0.717, 1.165) is 36.9 Å². The minimum atomic E-state index is -0.429. The fourth-order valence-electron chi connectivity index (χ4n) is 2.63. The summed E-state index contributed by atoms with van der Waals surface area (Å²) < 4.78 is 0. The van der Waals surface area contributed by atoms with Crippen LogP contribution in [-0.2, 0) is 4.79 Å². The second kappa shape index (κ2) is 8.17. The molecule has 1 aromatic rings. The average molecular weight is 340 g/mol. The first-order valence-electron chi connectivity index (χ1n) is 7.88. The lowest BCUT2D eigenvalue weighted by atomic mass is 10.2. The maximum Gasteiger partial charge on any atom is 0.321 e. The molecular formula is C16H24ClN4O2+. The number of carbonyl (C=O) groups is 2. The van der Waals surface area contributed by atoms with Crippen molar-refractivity contribution in [3.63, 3.8) is 0 Å². The highest BCUT2D eigenvalue weighted by molar-refractivity contribution is 6.30. The van der Waals surface area contributed by atoms with E-state index in [-0.39, 0.29) is 11.9 Å². The number of piperazine rings is 1. The number of rotatable bonds is 4. The molecule has 23 heavy (non-hydrogen) atoms. The number of quaternary nitrogens is 1. The molecule has 1 aliphatic heterocycles. The van der Waals surface area contributed by atoms with Gasteiger partial charge in [-0.3, -0.25) is 10.1 Å². The van der Waals surface area contributed by atoms with E-state index in [4.69, 9.17) is 11.6 Å². The van der Waals surface area contributed by atoms with Crippen LogP contribution in [0.4, 0.5) is 10.5 Å². The molecule has 2 rings (SSSR count). The summed E-state index contributed by atoms with van der Waals surface area (Å²) in [6.07, 6.45) is 0. The van der Waals surface area contributed by atoms with Gasteiger partial charge in [0.25, 0.3) is 5.91 Å². The molecule has 6 nitrogen and oxygen atoms in total. The zero-order valence-electron chi connectivity index (χ0n) is 13.6. The predicted molar refractivity (Wildman–Crippen MR) is 91.0 cm³/mol. The topological polar surface area (TPSA) is 65.9 Å². The molecule has 0 saturated carbocycles. The van der Waals surface area contributed by atoms with Crippen LogP contribution in [0.15, 0.2) is 24.3 Å². The van der Waals surface area contributed by atoms with Crippen LogP contribution < -0.4 is 20.4 Å². The van der Waals surface area contributed by atoms with E-state index in [0.29, 0.717) is 6.54 Å². The summed E-state index contributed by atoms with van der Waals surface area (Å²) in [5, 5.41) is 5.74. The van der Waals surface area contributed by atoms with Crippen molar-refractivity contribution < 1.29 is 14.5 Å². The lowest BCUT2D eigenvalue weighted by Crippen LogP contribution is -3.16. The van der Waals surface area contributed by atoms with Crippen LogP contribution in [0.1, 0.15) is 13.8 Å². The summed E-state index contributed by atoms with van der Waals surface area (Å²) in [6, 6.07) is 7.38. The number of amides is 3. The quantitative estimate of drug-likeness (QED) is 0.738. The number of urea groups is 1. The predicted octanol–water partition coefficient (Wildman–Crippen LogP) is 0.279. The maximum atomic E-state index is 11.9. The van der Waals surface area contributed by atoms with Crippen molar-refractivity contribution in [2.45, 2.75) is 19.9 Å². The van der Waals surface area contributed by atoms with Crippen molar-refractivity contribution >= 4 is 29.2 Å². The Labute approximate surface area is 141 Å². The van der Waals surface area contributed by atoms with E-state index in [1.807, 2.05) is 38.1 Å². The van der Waals surface area contributed by atoms with Crippen LogP contribution in [0.2, 0.25) is 5.02 Å². The number of nitrogens with zero attached hydrogens (tertiary/aromatic N) is 1. The van der Waals surface area contributed by atoms with Gasteiger partial charge in [0.2, 0.25) is 0 Å². The van der Waals surface area contributed by atoms with Crippen LogP contribution in [0.3, 0.4) is 0 Å². The second-order valence-electron chi connectivity index (χ2n) is 6.07. The molecule has 0 bridgehead atoms. The summed E-state index contributed by atoms with van der Waals surface area (Å²) in [4.78, 5) is 26.8. The zero-order chi connectivity index (χ0) is 16.8. The molecule has 0 aromatic heterocycles. The Morgan fingerprint density at radius 3 is 2.61 bits per heavy atom. The molecular weight excluding hydrogens is 316 g/mol. The molecule has 0 spiro atoms. The number of hydrogen-bond donors (Lipinski definition) is 3. The first-order valence-corrected chi connectivity index (χ1v) is 8.26. The van der Waals surface area contributed by atoms with Gasteiger partial charge in [-0.15, -0.1) is 0 Å². The average Bonchev–Trinajstić information content (AvgIpc) is 2.46. The molecule has 7 heteroatoms. The molecule has 1 heterocycles. The highest BCUT2D eigenvalue weighted by Gasteiger charge is 2.23. The normalized spacial score (nSPS) is 15.6. The van der Waals surface area contributed by atoms with Crippen molar-refractivity contribution in [3.05, 3.63) is 29.3 Å². The number of imide groups is 1.